The molecule has 0 saturated carbocycles. The molecule has 0 aliphatic carbocycles. The van der Waals surface area contributed by atoms with Gasteiger partial charge in [0.1, 0.15) is 11.0 Å². The highest BCUT2D eigenvalue weighted by atomic mass is 35.5. The number of hydrogen-bond acceptors (Lipinski definition) is 5. The van der Waals surface area contributed by atoms with Gasteiger partial charge in [-0.2, -0.15) is 10.1 Å². The zero-order valence-electron chi connectivity index (χ0n) is 11.0. The van der Waals surface area contributed by atoms with Crippen LogP contribution in [0.1, 0.15) is 13.3 Å². The monoisotopic (exact) mass is 281 g/mol. The van der Waals surface area contributed by atoms with Crippen molar-refractivity contribution in [3.63, 3.8) is 0 Å². The Bertz CT molecular complexity index is 599. The van der Waals surface area contributed by atoms with Gasteiger partial charge in [-0.3, -0.25) is 4.68 Å². The Morgan fingerprint density at radius 1 is 1.47 bits per heavy atom. The van der Waals surface area contributed by atoms with Crippen LogP contribution in [-0.4, -0.2) is 45.5 Å². The van der Waals surface area contributed by atoms with Gasteiger partial charge in [0.15, 0.2) is 5.82 Å². The Hall–Kier alpha value is -1.40. The summed E-state index contributed by atoms with van der Waals surface area (Å²) in [6.07, 6.45) is 2.72. The quantitative estimate of drug-likeness (QED) is 0.783. The molecule has 1 fully saturated rings. The SMILES string of the molecule is CCC1COCCN1c1nc(Cl)nc2cnn(C)c12. The lowest BCUT2D eigenvalue weighted by molar-refractivity contribution is 0.0927. The molecule has 1 saturated heterocycles. The van der Waals surface area contributed by atoms with Gasteiger partial charge < -0.3 is 9.64 Å². The number of aromatic nitrogens is 4. The Morgan fingerprint density at radius 2 is 2.32 bits per heavy atom. The van der Waals surface area contributed by atoms with Crippen molar-refractivity contribution in [1.82, 2.24) is 19.7 Å². The van der Waals surface area contributed by atoms with E-state index in [1.807, 2.05) is 7.05 Å². The summed E-state index contributed by atoms with van der Waals surface area (Å²) >= 11 is 6.03. The third-order valence-electron chi connectivity index (χ3n) is 3.51. The Balaban J connectivity index is 2.14. The molecule has 2 aromatic rings. The third-order valence-corrected chi connectivity index (χ3v) is 3.68. The van der Waals surface area contributed by atoms with Gasteiger partial charge >= 0.3 is 0 Å². The summed E-state index contributed by atoms with van der Waals surface area (Å²) in [6.45, 7) is 4.39. The topological polar surface area (TPSA) is 56.1 Å². The summed E-state index contributed by atoms with van der Waals surface area (Å²) in [4.78, 5) is 10.9. The van der Waals surface area contributed by atoms with Crippen molar-refractivity contribution in [2.45, 2.75) is 19.4 Å². The standard InChI is InChI=1S/C12H16ClN5O/c1-3-8-7-19-5-4-18(8)11-10-9(6-14-17(10)2)15-12(13)16-11/h6,8H,3-5,7H2,1-2H3. The number of nitrogens with zero attached hydrogens (tertiary/aromatic N) is 5. The van der Waals surface area contributed by atoms with Gasteiger partial charge in [-0.25, -0.2) is 4.98 Å². The number of ether oxygens (including phenoxy) is 1. The molecule has 0 amide bonds. The van der Waals surface area contributed by atoms with E-state index >= 15 is 0 Å². The van der Waals surface area contributed by atoms with Crippen molar-refractivity contribution in [3.05, 3.63) is 11.5 Å². The van der Waals surface area contributed by atoms with Crippen LogP contribution in [0.3, 0.4) is 0 Å². The fraction of sp³-hybridized carbons (Fsp3) is 0.583. The molecule has 1 aliphatic heterocycles. The lowest BCUT2D eigenvalue weighted by atomic mass is 10.1. The molecule has 1 unspecified atom stereocenters. The zero-order chi connectivity index (χ0) is 13.4. The van der Waals surface area contributed by atoms with Crippen molar-refractivity contribution < 1.29 is 4.74 Å². The van der Waals surface area contributed by atoms with Crippen LogP contribution in [0, 0.1) is 0 Å². The molecule has 0 aromatic carbocycles. The average molecular weight is 282 g/mol. The van der Waals surface area contributed by atoms with E-state index in [4.69, 9.17) is 16.3 Å². The summed E-state index contributed by atoms with van der Waals surface area (Å²) in [5.74, 6) is 0.852. The number of fused-ring (bicyclic) bond motifs is 1. The van der Waals surface area contributed by atoms with Crippen molar-refractivity contribution in [2.24, 2.45) is 7.05 Å². The maximum Gasteiger partial charge on any atom is 0.225 e. The van der Waals surface area contributed by atoms with E-state index in [2.05, 4.69) is 26.9 Å². The minimum Gasteiger partial charge on any atom is -0.377 e. The maximum atomic E-state index is 6.03. The van der Waals surface area contributed by atoms with E-state index in [0.717, 1.165) is 36.4 Å². The number of hydrogen-bond donors (Lipinski definition) is 0. The van der Waals surface area contributed by atoms with Gasteiger partial charge in [0, 0.05) is 13.6 Å². The highest BCUT2D eigenvalue weighted by molar-refractivity contribution is 6.28. The molecular weight excluding hydrogens is 266 g/mol. The van der Waals surface area contributed by atoms with E-state index in [1.165, 1.54) is 0 Å². The second kappa shape index (κ2) is 4.94. The van der Waals surface area contributed by atoms with E-state index in [1.54, 1.807) is 10.9 Å². The lowest BCUT2D eigenvalue weighted by Gasteiger charge is -2.36. The summed E-state index contributed by atoms with van der Waals surface area (Å²) < 4.78 is 7.33. The van der Waals surface area contributed by atoms with Crippen LogP contribution in [0.15, 0.2) is 6.20 Å². The van der Waals surface area contributed by atoms with Gasteiger partial charge in [0.05, 0.1) is 25.5 Å². The van der Waals surface area contributed by atoms with Gasteiger partial charge in [0.25, 0.3) is 0 Å². The number of anilines is 1. The van der Waals surface area contributed by atoms with Crippen LogP contribution in [0.25, 0.3) is 11.0 Å². The minimum atomic E-state index is 0.261. The van der Waals surface area contributed by atoms with E-state index in [9.17, 15) is 0 Å². The van der Waals surface area contributed by atoms with Gasteiger partial charge in [-0.05, 0) is 18.0 Å². The van der Waals surface area contributed by atoms with Crippen LogP contribution < -0.4 is 4.90 Å². The number of morpholine rings is 1. The first-order chi connectivity index (χ1) is 9.20. The number of rotatable bonds is 2. The first-order valence-corrected chi connectivity index (χ1v) is 6.78. The molecule has 102 valence electrons. The smallest absolute Gasteiger partial charge is 0.225 e. The molecule has 6 nitrogen and oxygen atoms in total. The molecule has 0 bridgehead atoms. The second-order valence-corrected chi connectivity index (χ2v) is 4.99. The normalized spacial score (nSPS) is 20.2. The van der Waals surface area contributed by atoms with Gasteiger partial charge in [-0.1, -0.05) is 6.92 Å². The van der Waals surface area contributed by atoms with Gasteiger partial charge in [0.2, 0.25) is 5.28 Å². The van der Waals surface area contributed by atoms with Crippen LogP contribution in [0.2, 0.25) is 5.28 Å². The molecule has 0 radical (unpaired) electrons. The number of aryl methyl sites for hydroxylation is 1. The molecule has 0 spiro atoms. The molecule has 7 heteroatoms. The third kappa shape index (κ3) is 2.15. The van der Waals surface area contributed by atoms with Crippen molar-refractivity contribution in [3.8, 4) is 0 Å². The Morgan fingerprint density at radius 3 is 3.11 bits per heavy atom. The molecule has 2 aromatic heterocycles. The number of halogens is 1. The van der Waals surface area contributed by atoms with Crippen molar-refractivity contribution in [2.75, 3.05) is 24.7 Å². The first kappa shape index (κ1) is 12.6. The Labute approximate surface area is 116 Å². The molecule has 3 heterocycles. The fourth-order valence-corrected chi connectivity index (χ4v) is 2.68. The summed E-state index contributed by atoms with van der Waals surface area (Å²) in [5, 5.41) is 4.50. The minimum absolute atomic E-state index is 0.261. The van der Waals surface area contributed by atoms with Crippen molar-refractivity contribution >= 4 is 28.5 Å². The molecular formula is C12H16ClN5O. The van der Waals surface area contributed by atoms with Gasteiger partial charge in [-0.15, -0.1) is 0 Å². The first-order valence-electron chi connectivity index (χ1n) is 6.40. The molecule has 3 rings (SSSR count). The maximum absolute atomic E-state index is 6.03. The predicted molar refractivity (Wildman–Crippen MR) is 73.6 cm³/mol. The zero-order valence-corrected chi connectivity index (χ0v) is 11.8. The highest BCUT2D eigenvalue weighted by Gasteiger charge is 2.26. The second-order valence-electron chi connectivity index (χ2n) is 4.65. The Kier molecular flexibility index (Phi) is 3.28. The highest BCUT2D eigenvalue weighted by Crippen LogP contribution is 2.28. The van der Waals surface area contributed by atoms with Crippen LogP contribution in [0.5, 0.6) is 0 Å². The molecule has 1 aliphatic rings. The van der Waals surface area contributed by atoms with Crippen molar-refractivity contribution in [1.29, 1.82) is 0 Å². The lowest BCUT2D eigenvalue weighted by Crippen LogP contribution is -2.45. The van der Waals surface area contributed by atoms with E-state index in [0.29, 0.717) is 12.6 Å². The van der Waals surface area contributed by atoms with Crippen LogP contribution in [-0.2, 0) is 11.8 Å². The molecule has 19 heavy (non-hydrogen) atoms. The van der Waals surface area contributed by atoms with Crippen LogP contribution >= 0.6 is 11.6 Å². The van der Waals surface area contributed by atoms with E-state index < -0.39 is 0 Å². The fourth-order valence-electron chi connectivity index (χ4n) is 2.50. The summed E-state index contributed by atoms with van der Waals surface area (Å²) in [6, 6.07) is 0.317. The largest absolute Gasteiger partial charge is 0.377 e. The average Bonchev–Trinajstić information content (AvgIpc) is 2.79. The summed E-state index contributed by atoms with van der Waals surface area (Å²) in [7, 11) is 1.89. The van der Waals surface area contributed by atoms with Crippen LogP contribution in [0.4, 0.5) is 5.82 Å². The predicted octanol–water partition coefficient (Wildman–Crippen LogP) is 1.63. The summed E-state index contributed by atoms with van der Waals surface area (Å²) in [5.41, 5.74) is 1.70. The molecule has 1 atom stereocenters. The van der Waals surface area contributed by atoms with E-state index in [-0.39, 0.29) is 5.28 Å². The molecule has 0 N–H and O–H groups in total.